The Morgan fingerprint density at radius 3 is 2.63 bits per heavy atom. The third-order valence-corrected chi connectivity index (χ3v) is 5.52. The van der Waals surface area contributed by atoms with Crippen molar-refractivity contribution in [1.82, 2.24) is 4.90 Å². The van der Waals surface area contributed by atoms with E-state index in [1.165, 1.54) is 29.2 Å². The van der Waals surface area contributed by atoms with E-state index in [4.69, 9.17) is 4.74 Å². The van der Waals surface area contributed by atoms with Crippen LogP contribution in [-0.2, 0) is 9.59 Å². The van der Waals surface area contributed by atoms with E-state index in [1.807, 2.05) is 18.9 Å². The van der Waals surface area contributed by atoms with Crippen LogP contribution < -0.4 is 9.64 Å². The van der Waals surface area contributed by atoms with Crippen LogP contribution in [0.3, 0.4) is 0 Å². The third-order valence-electron chi connectivity index (χ3n) is 5.52. The summed E-state index contributed by atoms with van der Waals surface area (Å²) in [5, 5.41) is 11.1. The van der Waals surface area contributed by atoms with Gasteiger partial charge < -0.3 is 19.6 Å². The van der Waals surface area contributed by atoms with Crippen molar-refractivity contribution in [3.05, 3.63) is 65.0 Å². The maximum absolute atomic E-state index is 13.5. The number of likely N-dealkylation sites (tertiary alicyclic amines) is 1. The first-order valence-electron chi connectivity index (χ1n) is 9.94. The van der Waals surface area contributed by atoms with Crippen LogP contribution in [-0.4, -0.2) is 48.4 Å². The van der Waals surface area contributed by atoms with E-state index in [0.29, 0.717) is 43.0 Å². The number of amides is 1. The highest BCUT2D eigenvalue weighted by Gasteiger charge is 2.45. The molecular weight excluding hydrogens is 387 g/mol. The Hall–Kier alpha value is -3.35. The first-order chi connectivity index (χ1) is 14.4. The number of halogens is 1. The number of anilines is 1. The second-order valence-electron chi connectivity index (χ2n) is 7.50. The van der Waals surface area contributed by atoms with Crippen LogP contribution in [0.1, 0.15) is 30.5 Å². The number of Topliss-reactive ketones (excluding diaryl/α,β-unsaturated/α-hetero) is 1. The van der Waals surface area contributed by atoms with Crippen molar-refractivity contribution in [1.29, 1.82) is 0 Å². The van der Waals surface area contributed by atoms with Gasteiger partial charge >= 0.3 is 0 Å². The van der Waals surface area contributed by atoms with Crippen LogP contribution in [0.2, 0.25) is 0 Å². The minimum absolute atomic E-state index is 0.0133. The molecule has 0 aromatic heterocycles. The molecule has 1 N–H and O–H groups in total. The van der Waals surface area contributed by atoms with Crippen LogP contribution >= 0.6 is 0 Å². The maximum Gasteiger partial charge on any atom is 0.295 e. The predicted molar refractivity (Wildman–Crippen MR) is 111 cm³/mol. The van der Waals surface area contributed by atoms with E-state index in [0.717, 1.165) is 5.69 Å². The zero-order valence-corrected chi connectivity index (χ0v) is 16.9. The minimum atomic E-state index is -0.768. The van der Waals surface area contributed by atoms with Crippen LogP contribution in [0.4, 0.5) is 10.1 Å². The highest BCUT2D eigenvalue weighted by molar-refractivity contribution is 6.46. The fourth-order valence-electron chi connectivity index (χ4n) is 4.00. The number of hydrogen-bond donors (Lipinski definition) is 1. The minimum Gasteiger partial charge on any atom is -0.507 e. The fourth-order valence-corrected chi connectivity index (χ4v) is 4.00. The van der Waals surface area contributed by atoms with Gasteiger partial charge in [0.05, 0.1) is 23.8 Å². The Balaban J connectivity index is 1.85. The molecule has 2 heterocycles. The van der Waals surface area contributed by atoms with Gasteiger partial charge in [-0.25, -0.2) is 4.39 Å². The number of likely N-dealkylation sites (N-methyl/N-ethyl adjacent to an activating group) is 1. The molecule has 6 nitrogen and oxygen atoms in total. The molecule has 0 radical (unpaired) electrons. The summed E-state index contributed by atoms with van der Waals surface area (Å²) in [5.41, 5.74) is 1.81. The van der Waals surface area contributed by atoms with Crippen molar-refractivity contribution < 1.29 is 23.8 Å². The number of carbonyl (C=O) groups is 2. The molecule has 0 aliphatic carbocycles. The molecule has 2 aromatic rings. The van der Waals surface area contributed by atoms with E-state index < -0.39 is 23.5 Å². The predicted octanol–water partition coefficient (Wildman–Crippen LogP) is 3.49. The van der Waals surface area contributed by atoms with Crippen molar-refractivity contribution in [2.75, 3.05) is 31.6 Å². The smallest absolute Gasteiger partial charge is 0.295 e. The first-order valence-corrected chi connectivity index (χ1v) is 9.94. The molecule has 156 valence electrons. The van der Waals surface area contributed by atoms with Crippen molar-refractivity contribution >= 4 is 23.1 Å². The number of carbonyl (C=O) groups excluding carboxylic acids is 2. The SMILES string of the molecule is CCCN1C(=O)C(=O)/C(=C(\O)c2ccc3c(c2)N(C)CCO3)C1c1ccc(F)cc1. The van der Waals surface area contributed by atoms with Crippen molar-refractivity contribution in [3.8, 4) is 5.75 Å². The lowest BCUT2D eigenvalue weighted by Crippen LogP contribution is -2.30. The van der Waals surface area contributed by atoms with Crippen molar-refractivity contribution in [2.24, 2.45) is 0 Å². The number of ketones is 1. The molecule has 1 saturated heterocycles. The van der Waals surface area contributed by atoms with Gasteiger partial charge in [0, 0.05) is 19.2 Å². The summed E-state index contributed by atoms with van der Waals surface area (Å²) < 4.78 is 19.1. The van der Waals surface area contributed by atoms with Crippen molar-refractivity contribution in [2.45, 2.75) is 19.4 Å². The molecule has 7 heteroatoms. The second kappa shape index (κ2) is 7.82. The average molecular weight is 410 g/mol. The molecule has 1 fully saturated rings. The van der Waals surface area contributed by atoms with Gasteiger partial charge in [-0.05, 0) is 42.3 Å². The number of aliphatic hydroxyl groups excluding tert-OH is 1. The summed E-state index contributed by atoms with van der Waals surface area (Å²) in [6.45, 7) is 3.53. The summed E-state index contributed by atoms with van der Waals surface area (Å²) >= 11 is 0. The number of benzene rings is 2. The average Bonchev–Trinajstić information content (AvgIpc) is 2.99. The van der Waals surface area contributed by atoms with Crippen LogP contribution in [0.5, 0.6) is 5.75 Å². The molecular formula is C23H23FN2O4. The molecule has 0 bridgehead atoms. The zero-order chi connectivity index (χ0) is 21.4. The molecule has 1 unspecified atom stereocenters. The van der Waals surface area contributed by atoms with Gasteiger partial charge in [0.15, 0.2) is 0 Å². The fraction of sp³-hybridized carbons (Fsp3) is 0.304. The van der Waals surface area contributed by atoms with Gasteiger partial charge in [0.1, 0.15) is 23.9 Å². The largest absolute Gasteiger partial charge is 0.507 e. The van der Waals surface area contributed by atoms with Crippen molar-refractivity contribution in [3.63, 3.8) is 0 Å². The van der Waals surface area contributed by atoms with E-state index in [-0.39, 0.29) is 11.3 Å². The number of hydrogen-bond acceptors (Lipinski definition) is 5. The Kier molecular flexibility index (Phi) is 5.20. The first kappa shape index (κ1) is 19.9. The van der Waals surface area contributed by atoms with E-state index in [1.54, 1.807) is 18.2 Å². The summed E-state index contributed by atoms with van der Waals surface area (Å²) in [4.78, 5) is 29.0. The lowest BCUT2D eigenvalue weighted by Gasteiger charge is -2.28. The summed E-state index contributed by atoms with van der Waals surface area (Å²) in [7, 11) is 1.92. The zero-order valence-electron chi connectivity index (χ0n) is 16.9. The standard InChI is InChI=1S/C23H23FN2O4/c1-3-10-26-20(14-4-7-16(24)8-5-14)19(22(28)23(26)29)21(27)15-6-9-18-17(13-15)25(2)11-12-30-18/h4-9,13,20,27H,3,10-12H2,1-2H3/b21-19-. The van der Waals surface area contributed by atoms with Gasteiger partial charge in [-0.2, -0.15) is 0 Å². The van der Waals surface area contributed by atoms with Gasteiger partial charge in [0.25, 0.3) is 11.7 Å². The van der Waals surface area contributed by atoms with Gasteiger partial charge in [-0.15, -0.1) is 0 Å². The van der Waals surface area contributed by atoms with Crippen LogP contribution in [0.15, 0.2) is 48.0 Å². The molecule has 4 rings (SSSR count). The van der Waals surface area contributed by atoms with E-state index in [2.05, 4.69) is 0 Å². The molecule has 2 aliphatic heterocycles. The number of nitrogens with zero attached hydrogens (tertiary/aromatic N) is 2. The van der Waals surface area contributed by atoms with Crippen LogP contribution in [0.25, 0.3) is 5.76 Å². The lowest BCUT2D eigenvalue weighted by molar-refractivity contribution is -0.139. The summed E-state index contributed by atoms with van der Waals surface area (Å²) in [5.74, 6) is -1.36. The number of aliphatic hydroxyl groups is 1. The molecule has 2 aromatic carbocycles. The molecule has 0 saturated carbocycles. The topological polar surface area (TPSA) is 70.1 Å². The Labute approximate surface area is 174 Å². The highest BCUT2D eigenvalue weighted by atomic mass is 19.1. The number of fused-ring (bicyclic) bond motifs is 1. The Morgan fingerprint density at radius 2 is 1.93 bits per heavy atom. The third kappa shape index (κ3) is 3.30. The molecule has 1 atom stereocenters. The molecule has 1 amide bonds. The van der Waals surface area contributed by atoms with Gasteiger partial charge in [-0.3, -0.25) is 9.59 Å². The van der Waals surface area contributed by atoms with E-state index in [9.17, 15) is 19.1 Å². The normalized spacial score (nSPS) is 20.3. The number of ether oxygens (including phenoxy) is 1. The summed E-state index contributed by atoms with van der Waals surface area (Å²) in [6, 6.07) is 10.0. The van der Waals surface area contributed by atoms with E-state index >= 15 is 0 Å². The highest BCUT2D eigenvalue weighted by Crippen LogP contribution is 2.41. The van der Waals surface area contributed by atoms with Gasteiger partial charge in [-0.1, -0.05) is 19.1 Å². The monoisotopic (exact) mass is 410 g/mol. The molecule has 30 heavy (non-hydrogen) atoms. The second-order valence-corrected chi connectivity index (χ2v) is 7.50. The maximum atomic E-state index is 13.5. The van der Waals surface area contributed by atoms with Gasteiger partial charge in [0.2, 0.25) is 0 Å². The van der Waals surface area contributed by atoms with Crippen LogP contribution in [0, 0.1) is 5.82 Å². The Bertz CT molecular complexity index is 1030. The Morgan fingerprint density at radius 1 is 1.20 bits per heavy atom. The quantitative estimate of drug-likeness (QED) is 0.475. The lowest BCUT2D eigenvalue weighted by atomic mass is 9.95. The molecule has 2 aliphatic rings. The number of rotatable bonds is 4. The summed E-state index contributed by atoms with van der Waals surface area (Å²) in [6.07, 6.45) is 0.645. The molecule has 0 spiro atoms.